The average molecular weight is 553 g/mol. The van der Waals surface area contributed by atoms with E-state index in [-0.39, 0.29) is 0 Å². The Morgan fingerprint density at radius 3 is 1.80 bits per heavy atom. The average Bonchev–Trinajstić information content (AvgIpc) is 2.99. The lowest BCUT2D eigenvalue weighted by atomic mass is 10.1. The van der Waals surface area contributed by atoms with Gasteiger partial charge in [-0.3, -0.25) is 0 Å². The van der Waals surface area contributed by atoms with Crippen LogP contribution < -0.4 is 9.80 Å². The number of hydrogen-bond acceptors (Lipinski definition) is 4. The van der Waals surface area contributed by atoms with Crippen LogP contribution in [0.3, 0.4) is 0 Å². The van der Waals surface area contributed by atoms with Crippen molar-refractivity contribution >= 4 is 38.1 Å². The molecule has 40 heavy (non-hydrogen) atoms. The lowest BCUT2D eigenvalue weighted by Gasteiger charge is -2.22. The Balaban J connectivity index is 1.68. The molecule has 0 fully saturated rings. The molecule has 4 aromatic rings. The zero-order valence-electron chi connectivity index (χ0n) is 24.0. The Labute approximate surface area is 240 Å². The van der Waals surface area contributed by atoms with Crippen molar-refractivity contribution in [2.24, 2.45) is 0 Å². The molecule has 1 unspecified atom stereocenters. The molecule has 0 aliphatic heterocycles. The van der Waals surface area contributed by atoms with Crippen molar-refractivity contribution in [1.29, 1.82) is 0 Å². The maximum Gasteiger partial charge on any atom is 0.189 e. The van der Waals surface area contributed by atoms with E-state index in [9.17, 15) is 8.42 Å². The number of sulfone groups is 1. The Morgan fingerprint density at radius 1 is 0.650 bits per heavy atom. The van der Waals surface area contributed by atoms with Crippen molar-refractivity contribution in [2.75, 3.05) is 36.0 Å². The Morgan fingerprint density at radius 2 is 1.20 bits per heavy atom. The predicted octanol–water partition coefficient (Wildman–Crippen LogP) is 8.32. The third kappa shape index (κ3) is 6.48. The molecule has 4 rings (SSSR count). The minimum absolute atomic E-state index is 0.351. The monoisotopic (exact) mass is 552 g/mol. The molecule has 0 amide bonds. The van der Waals surface area contributed by atoms with Crippen LogP contribution in [0.5, 0.6) is 0 Å². The molecule has 4 nitrogen and oxygen atoms in total. The minimum Gasteiger partial charge on any atom is -0.372 e. The van der Waals surface area contributed by atoms with Crippen molar-refractivity contribution in [3.63, 3.8) is 0 Å². The number of benzene rings is 4. The quantitative estimate of drug-likeness (QED) is 0.166. The normalized spacial score (nSPS) is 12.8. The summed E-state index contributed by atoms with van der Waals surface area (Å²) in [6.45, 7) is 12.3. The molecule has 0 N–H and O–H groups in total. The smallest absolute Gasteiger partial charge is 0.189 e. The van der Waals surface area contributed by atoms with E-state index >= 15 is 0 Å². The van der Waals surface area contributed by atoms with Crippen LogP contribution >= 0.6 is 0 Å². The lowest BCUT2D eigenvalue weighted by molar-refractivity contribution is 0.591. The van der Waals surface area contributed by atoms with E-state index in [4.69, 9.17) is 0 Å². The molecule has 208 valence electrons. The van der Waals surface area contributed by atoms with Crippen LogP contribution in [0.4, 0.5) is 11.4 Å². The van der Waals surface area contributed by atoms with Crippen LogP contribution in [0.1, 0.15) is 44.1 Å². The first-order valence-corrected chi connectivity index (χ1v) is 15.7. The highest BCUT2D eigenvalue weighted by molar-refractivity contribution is 7.92. The lowest BCUT2D eigenvalue weighted by Crippen LogP contribution is -2.21. The largest absolute Gasteiger partial charge is 0.372 e. The summed E-state index contributed by atoms with van der Waals surface area (Å²) in [6, 6.07) is 29.5. The summed E-state index contributed by atoms with van der Waals surface area (Å²) >= 11 is 0. The second kappa shape index (κ2) is 13.5. The number of allylic oxidation sites excluding steroid dienone is 2. The van der Waals surface area contributed by atoms with Gasteiger partial charge in [-0.2, -0.15) is 0 Å². The molecular weight excluding hydrogens is 512 g/mol. The maximum atomic E-state index is 14.2. The van der Waals surface area contributed by atoms with Crippen LogP contribution in [0.15, 0.2) is 114 Å². The van der Waals surface area contributed by atoms with Gasteiger partial charge >= 0.3 is 0 Å². The highest BCUT2D eigenvalue weighted by Gasteiger charge is 2.28. The molecule has 0 aliphatic rings. The van der Waals surface area contributed by atoms with Gasteiger partial charge in [0, 0.05) is 42.9 Å². The van der Waals surface area contributed by atoms with Crippen molar-refractivity contribution in [3.8, 4) is 0 Å². The van der Waals surface area contributed by atoms with Gasteiger partial charge in [-0.1, -0.05) is 85.0 Å². The Kier molecular flexibility index (Phi) is 9.84. The fourth-order valence-electron chi connectivity index (χ4n) is 5.15. The number of anilines is 2. The molecule has 0 saturated heterocycles. The third-order valence-corrected chi connectivity index (χ3v) is 9.51. The van der Waals surface area contributed by atoms with Gasteiger partial charge in [-0.15, -0.1) is 0 Å². The van der Waals surface area contributed by atoms with Gasteiger partial charge in [-0.25, -0.2) is 8.42 Å². The summed E-state index contributed by atoms with van der Waals surface area (Å²) in [5, 5.41) is 0.835. The van der Waals surface area contributed by atoms with E-state index < -0.39 is 15.1 Å². The van der Waals surface area contributed by atoms with Gasteiger partial charge in [0.05, 0.1) is 4.90 Å². The summed E-state index contributed by atoms with van der Waals surface area (Å²) < 4.78 is 28.4. The van der Waals surface area contributed by atoms with Gasteiger partial charge in [0.15, 0.2) is 9.84 Å². The van der Waals surface area contributed by atoms with E-state index in [1.807, 2.05) is 78.9 Å². The first-order valence-electron chi connectivity index (χ1n) is 14.2. The van der Waals surface area contributed by atoms with Crippen LogP contribution in [0, 0.1) is 0 Å². The zero-order valence-corrected chi connectivity index (χ0v) is 24.8. The van der Waals surface area contributed by atoms with Crippen molar-refractivity contribution in [2.45, 2.75) is 37.8 Å². The predicted molar refractivity (Wildman–Crippen MR) is 172 cm³/mol. The SMILES string of the molecule is CCN(CC)c1ccc(C=CC=CC(c2ccc(N(CC)CC)cc2)S(=O)(=O)c2cccc3ccccc23)cc1. The molecular formula is C35H40N2O2S. The van der Waals surface area contributed by atoms with Gasteiger partial charge in [0.1, 0.15) is 5.25 Å². The van der Waals surface area contributed by atoms with Gasteiger partial charge < -0.3 is 9.80 Å². The van der Waals surface area contributed by atoms with Crippen LogP contribution in [-0.4, -0.2) is 34.6 Å². The van der Waals surface area contributed by atoms with Crippen LogP contribution in [0.2, 0.25) is 0 Å². The van der Waals surface area contributed by atoms with E-state index in [0.717, 1.165) is 53.8 Å². The fraction of sp³-hybridized carbons (Fsp3) is 0.257. The molecule has 0 radical (unpaired) electrons. The first kappa shape index (κ1) is 29.2. The van der Waals surface area contributed by atoms with Crippen molar-refractivity contribution in [1.82, 2.24) is 0 Å². The maximum absolute atomic E-state index is 14.2. The van der Waals surface area contributed by atoms with Crippen molar-refractivity contribution < 1.29 is 8.42 Å². The number of rotatable bonds is 12. The molecule has 4 aromatic carbocycles. The van der Waals surface area contributed by atoms with Gasteiger partial charge in [-0.05, 0) is 74.5 Å². The summed E-state index contributed by atoms with van der Waals surface area (Å²) in [6.07, 6.45) is 7.57. The zero-order chi connectivity index (χ0) is 28.5. The number of hydrogen-bond donors (Lipinski definition) is 0. The summed E-state index contributed by atoms with van der Waals surface area (Å²) in [5.41, 5.74) is 4.11. The number of nitrogens with zero attached hydrogens (tertiary/aromatic N) is 2. The molecule has 0 aliphatic carbocycles. The van der Waals surface area contributed by atoms with Crippen molar-refractivity contribution in [3.05, 3.63) is 120 Å². The number of fused-ring (bicyclic) bond motifs is 1. The topological polar surface area (TPSA) is 40.6 Å². The molecule has 5 heteroatoms. The molecule has 0 spiro atoms. The standard InChI is InChI=1S/C35H40N2O2S/c1-5-36(6-2)31-24-20-28(21-25-31)14-9-12-18-34(30-22-26-32(27-23-30)37(7-3)8-4)40(38,39)35-19-13-16-29-15-10-11-17-33(29)35/h9-27,34H,5-8H2,1-4H3. The van der Waals surface area contributed by atoms with E-state index in [1.165, 1.54) is 5.69 Å². The van der Waals surface area contributed by atoms with Crippen LogP contribution in [-0.2, 0) is 9.84 Å². The van der Waals surface area contributed by atoms with Crippen LogP contribution in [0.25, 0.3) is 16.8 Å². The first-order chi connectivity index (χ1) is 19.4. The molecule has 0 heterocycles. The summed E-state index contributed by atoms with van der Waals surface area (Å²) in [5.74, 6) is 0. The highest BCUT2D eigenvalue weighted by atomic mass is 32.2. The molecule has 1 atom stereocenters. The molecule has 0 aromatic heterocycles. The summed E-state index contributed by atoms with van der Waals surface area (Å²) in [4.78, 5) is 4.91. The second-order valence-corrected chi connectivity index (χ2v) is 11.8. The van der Waals surface area contributed by atoms with Gasteiger partial charge in [0.2, 0.25) is 0 Å². The highest BCUT2D eigenvalue weighted by Crippen LogP contribution is 2.35. The molecule has 0 bridgehead atoms. The Bertz CT molecular complexity index is 1540. The van der Waals surface area contributed by atoms with Gasteiger partial charge in [0.25, 0.3) is 0 Å². The minimum atomic E-state index is -3.73. The Hall–Kier alpha value is -3.83. The van der Waals surface area contributed by atoms with E-state index in [0.29, 0.717) is 4.90 Å². The fourth-order valence-corrected chi connectivity index (χ4v) is 7.00. The summed E-state index contributed by atoms with van der Waals surface area (Å²) in [7, 11) is -3.73. The molecule has 0 saturated carbocycles. The van der Waals surface area contributed by atoms with E-state index in [2.05, 4.69) is 61.8 Å². The second-order valence-electron chi connectivity index (χ2n) is 9.71. The van der Waals surface area contributed by atoms with E-state index in [1.54, 1.807) is 12.1 Å². The third-order valence-electron chi connectivity index (χ3n) is 7.45.